The Kier molecular flexibility index (Phi) is 3.00. The Labute approximate surface area is 95.3 Å². The number of hydrogen-bond acceptors (Lipinski definition) is 4. The molecule has 0 radical (unpaired) electrons. The van der Waals surface area contributed by atoms with Gasteiger partial charge in [-0.3, -0.25) is 4.68 Å². The Balaban J connectivity index is 2.28. The van der Waals surface area contributed by atoms with Crippen molar-refractivity contribution in [3.05, 3.63) is 12.3 Å². The lowest BCUT2D eigenvalue weighted by molar-refractivity contribution is 0.383. The van der Waals surface area contributed by atoms with Crippen LogP contribution in [0.25, 0.3) is 0 Å². The van der Waals surface area contributed by atoms with Crippen LogP contribution >= 0.6 is 0 Å². The van der Waals surface area contributed by atoms with Gasteiger partial charge in [0.1, 0.15) is 0 Å². The fraction of sp³-hybridized carbons (Fsp3) is 0.667. The molecule has 0 aliphatic carbocycles. The van der Waals surface area contributed by atoms with Gasteiger partial charge in [-0.2, -0.15) is 9.40 Å². The largest absolute Gasteiger partial charge is 0.315 e. The lowest BCUT2D eigenvalue weighted by Crippen LogP contribution is -2.39. The number of sulfonamides is 1. The van der Waals surface area contributed by atoms with E-state index in [4.69, 9.17) is 0 Å². The number of nitrogens with zero attached hydrogens (tertiary/aromatic N) is 3. The zero-order valence-electron chi connectivity index (χ0n) is 9.42. The lowest BCUT2D eigenvalue weighted by Gasteiger charge is -2.22. The number of hydrogen-bond donors (Lipinski definition) is 1. The normalized spacial score (nSPS) is 21.8. The van der Waals surface area contributed by atoms with E-state index in [9.17, 15) is 8.42 Å². The minimum atomic E-state index is -3.42. The van der Waals surface area contributed by atoms with Crippen molar-refractivity contribution < 1.29 is 8.42 Å². The summed E-state index contributed by atoms with van der Waals surface area (Å²) >= 11 is 0. The molecule has 6 nitrogen and oxygen atoms in total. The summed E-state index contributed by atoms with van der Waals surface area (Å²) in [5, 5.41) is 7.28. The topological polar surface area (TPSA) is 67.2 Å². The van der Waals surface area contributed by atoms with Gasteiger partial charge in [0.2, 0.25) is 0 Å². The molecular formula is C9H16N4O2S. The first-order valence-electron chi connectivity index (χ1n) is 5.20. The highest BCUT2D eigenvalue weighted by atomic mass is 32.2. The fourth-order valence-corrected chi connectivity index (χ4v) is 3.39. The van der Waals surface area contributed by atoms with Gasteiger partial charge in [0.05, 0.1) is 6.20 Å². The van der Waals surface area contributed by atoms with Gasteiger partial charge in [0, 0.05) is 26.7 Å². The second-order valence-corrected chi connectivity index (χ2v) is 5.91. The maximum Gasteiger partial charge on any atom is 0.260 e. The molecule has 0 spiro atoms. The molecular weight excluding hydrogens is 228 g/mol. The van der Waals surface area contributed by atoms with Gasteiger partial charge in [0.15, 0.2) is 5.03 Å². The van der Waals surface area contributed by atoms with Crippen LogP contribution in [0.3, 0.4) is 0 Å². The third-order valence-corrected chi connectivity index (χ3v) is 4.95. The molecule has 7 heteroatoms. The molecule has 1 atom stereocenters. The standard InChI is InChI=1S/C9H16N4O2S/c1-12-9(4-6-11-12)16(14,15)13(2)8-3-5-10-7-8/h4,6,8,10H,3,5,7H2,1-2H3. The molecule has 0 aromatic carbocycles. The second kappa shape index (κ2) is 4.15. The molecule has 1 aliphatic rings. The van der Waals surface area contributed by atoms with Gasteiger partial charge in [-0.1, -0.05) is 0 Å². The number of nitrogens with one attached hydrogen (secondary N) is 1. The van der Waals surface area contributed by atoms with Crippen molar-refractivity contribution in [1.29, 1.82) is 0 Å². The molecule has 1 aromatic heterocycles. The molecule has 2 rings (SSSR count). The van der Waals surface area contributed by atoms with Crippen molar-refractivity contribution in [1.82, 2.24) is 19.4 Å². The highest BCUT2D eigenvalue weighted by molar-refractivity contribution is 7.89. The number of rotatable bonds is 3. The smallest absolute Gasteiger partial charge is 0.260 e. The minimum Gasteiger partial charge on any atom is -0.315 e. The first-order chi connectivity index (χ1) is 7.53. The summed E-state index contributed by atoms with van der Waals surface area (Å²) < 4.78 is 27.3. The van der Waals surface area contributed by atoms with Crippen molar-refractivity contribution in [2.24, 2.45) is 7.05 Å². The Hall–Kier alpha value is -0.920. The molecule has 1 saturated heterocycles. The average Bonchev–Trinajstić information content (AvgIpc) is 2.86. The van der Waals surface area contributed by atoms with E-state index in [-0.39, 0.29) is 11.1 Å². The Morgan fingerprint density at radius 1 is 1.62 bits per heavy atom. The molecule has 0 bridgehead atoms. The molecule has 1 aromatic rings. The molecule has 16 heavy (non-hydrogen) atoms. The van der Waals surface area contributed by atoms with Crippen LogP contribution in [0.4, 0.5) is 0 Å². The summed E-state index contributed by atoms with van der Waals surface area (Å²) in [6, 6.07) is 1.56. The molecule has 1 N–H and O–H groups in total. The Morgan fingerprint density at radius 2 is 2.38 bits per heavy atom. The lowest BCUT2D eigenvalue weighted by atomic mass is 10.3. The Morgan fingerprint density at radius 3 is 2.88 bits per heavy atom. The summed E-state index contributed by atoms with van der Waals surface area (Å²) in [6.07, 6.45) is 2.35. The highest BCUT2D eigenvalue weighted by Gasteiger charge is 2.31. The maximum absolute atomic E-state index is 12.2. The quantitative estimate of drug-likeness (QED) is 0.771. The zero-order valence-corrected chi connectivity index (χ0v) is 10.2. The van der Waals surface area contributed by atoms with E-state index in [2.05, 4.69) is 10.4 Å². The monoisotopic (exact) mass is 244 g/mol. The molecule has 90 valence electrons. The zero-order chi connectivity index (χ0) is 11.8. The summed E-state index contributed by atoms with van der Waals surface area (Å²) in [7, 11) is -0.158. The van der Waals surface area contributed by atoms with E-state index < -0.39 is 10.0 Å². The van der Waals surface area contributed by atoms with E-state index in [0.717, 1.165) is 13.0 Å². The molecule has 1 unspecified atom stereocenters. The van der Waals surface area contributed by atoms with Crippen LogP contribution < -0.4 is 5.32 Å². The van der Waals surface area contributed by atoms with Gasteiger partial charge in [-0.05, 0) is 19.0 Å². The van der Waals surface area contributed by atoms with Crippen molar-refractivity contribution >= 4 is 10.0 Å². The van der Waals surface area contributed by atoms with E-state index in [1.54, 1.807) is 14.1 Å². The van der Waals surface area contributed by atoms with Gasteiger partial charge < -0.3 is 5.32 Å². The van der Waals surface area contributed by atoms with Crippen LogP contribution in [0.1, 0.15) is 6.42 Å². The van der Waals surface area contributed by atoms with Crippen LogP contribution in [0, 0.1) is 0 Å². The van der Waals surface area contributed by atoms with Crippen LogP contribution in [0.5, 0.6) is 0 Å². The van der Waals surface area contributed by atoms with Crippen LogP contribution in [-0.2, 0) is 17.1 Å². The highest BCUT2D eigenvalue weighted by Crippen LogP contribution is 2.18. The molecule has 0 amide bonds. The minimum absolute atomic E-state index is 0.0416. The molecule has 0 saturated carbocycles. The SMILES string of the molecule is CN(C1CCNC1)S(=O)(=O)c1ccnn1C. The number of aryl methyl sites for hydroxylation is 1. The van der Waals surface area contributed by atoms with Gasteiger partial charge in [-0.15, -0.1) is 0 Å². The van der Waals surface area contributed by atoms with Gasteiger partial charge in [-0.25, -0.2) is 8.42 Å². The van der Waals surface area contributed by atoms with Gasteiger partial charge in [0.25, 0.3) is 10.0 Å². The maximum atomic E-state index is 12.2. The van der Waals surface area contributed by atoms with E-state index >= 15 is 0 Å². The summed E-state index contributed by atoms with van der Waals surface area (Å²) in [5.41, 5.74) is 0. The van der Waals surface area contributed by atoms with Crippen LogP contribution in [-0.4, -0.2) is 48.7 Å². The Bertz CT molecular complexity index is 462. The van der Waals surface area contributed by atoms with Crippen molar-refractivity contribution in [3.63, 3.8) is 0 Å². The number of aromatic nitrogens is 2. The molecule has 2 heterocycles. The second-order valence-electron chi connectivity index (χ2n) is 3.96. The predicted octanol–water partition coefficient (Wildman–Crippen LogP) is -0.597. The summed E-state index contributed by atoms with van der Waals surface area (Å²) in [4.78, 5) is 0. The van der Waals surface area contributed by atoms with Crippen LogP contribution in [0.2, 0.25) is 0 Å². The third-order valence-electron chi connectivity index (χ3n) is 2.97. The van der Waals surface area contributed by atoms with E-state index in [1.807, 2.05) is 0 Å². The van der Waals surface area contributed by atoms with Crippen LogP contribution in [0.15, 0.2) is 17.3 Å². The summed E-state index contributed by atoms with van der Waals surface area (Å²) in [6.45, 7) is 1.59. The third kappa shape index (κ3) is 1.85. The van der Waals surface area contributed by atoms with E-state index in [1.165, 1.54) is 21.3 Å². The first-order valence-corrected chi connectivity index (χ1v) is 6.64. The van der Waals surface area contributed by atoms with Crippen molar-refractivity contribution in [2.75, 3.05) is 20.1 Å². The average molecular weight is 244 g/mol. The van der Waals surface area contributed by atoms with Crippen molar-refractivity contribution in [3.8, 4) is 0 Å². The molecule has 1 fully saturated rings. The molecule has 1 aliphatic heterocycles. The fourth-order valence-electron chi connectivity index (χ4n) is 1.91. The van der Waals surface area contributed by atoms with Crippen molar-refractivity contribution in [2.45, 2.75) is 17.5 Å². The number of likely N-dealkylation sites (N-methyl/N-ethyl adjacent to an activating group) is 1. The van der Waals surface area contributed by atoms with E-state index in [0.29, 0.717) is 6.54 Å². The first kappa shape index (κ1) is 11.6. The predicted molar refractivity (Wildman–Crippen MR) is 59.4 cm³/mol. The van der Waals surface area contributed by atoms with Gasteiger partial charge >= 0.3 is 0 Å². The summed E-state index contributed by atoms with van der Waals surface area (Å²) in [5.74, 6) is 0.